The number of benzene rings is 1. The number of hydrogen-bond acceptors (Lipinski definition) is 3. The first kappa shape index (κ1) is 11.2. The van der Waals surface area contributed by atoms with Crippen LogP contribution in [-0.4, -0.2) is 19.9 Å². The molecule has 98 valence electrons. The Morgan fingerprint density at radius 3 is 2.70 bits per heavy atom. The molecule has 1 aliphatic rings. The van der Waals surface area contributed by atoms with Crippen LogP contribution in [0.2, 0.25) is 0 Å². The summed E-state index contributed by atoms with van der Waals surface area (Å²) in [6, 6.07) is 13.7. The number of nitrogens with zero attached hydrogens (tertiary/aromatic N) is 3. The highest BCUT2D eigenvalue weighted by atomic mass is 16.3. The second kappa shape index (κ2) is 4.20. The molecule has 3 aromatic rings. The Hall–Kier alpha value is -2.62. The van der Waals surface area contributed by atoms with Crippen LogP contribution in [-0.2, 0) is 12.8 Å². The molecule has 0 saturated carbocycles. The topological polar surface area (TPSA) is 50.9 Å². The molecular formula is C16H13N3O. The maximum absolute atomic E-state index is 10.5. The van der Waals surface area contributed by atoms with Gasteiger partial charge >= 0.3 is 0 Å². The van der Waals surface area contributed by atoms with Crippen molar-refractivity contribution in [1.29, 1.82) is 0 Å². The molecule has 4 rings (SSSR count). The van der Waals surface area contributed by atoms with Crippen LogP contribution in [0.4, 0.5) is 0 Å². The summed E-state index contributed by atoms with van der Waals surface area (Å²) >= 11 is 0. The van der Waals surface area contributed by atoms with Gasteiger partial charge in [0.2, 0.25) is 5.88 Å². The molecule has 20 heavy (non-hydrogen) atoms. The van der Waals surface area contributed by atoms with Gasteiger partial charge in [0.1, 0.15) is 0 Å². The van der Waals surface area contributed by atoms with Crippen molar-refractivity contribution in [2.45, 2.75) is 12.8 Å². The lowest BCUT2D eigenvalue weighted by Crippen LogP contribution is -2.03. The van der Waals surface area contributed by atoms with Gasteiger partial charge in [-0.05, 0) is 36.1 Å². The van der Waals surface area contributed by atoms with Crippen LogP contribution in [0.25, 0.3) is 16.9 Å². The van der Waals surface area contributed by atoms with Gasteiger partial charge in [0.15, 0.2) is 5.82 Å². The predicted octanol–water partition coefficient (Wildman–Crippen LogP) is 2.74. The van der Waals surface area contributed by atoms with Gasteiger partial charge in [-0.1, -0.05) is 30.3 Å². The molecule has 0 radical (unpaired) electrons. The van der Waals surface area contributed by atoms with Crippen LogP contribution in [0.15, 0.2) is 48.7 Å². The third kappa shape index (κ3) is 1.54. The molecule has 0 atom stereocenters. The monoisotopic (exact) mass is 263 g/mol. The SMILES string of the molecule is Oc1c2c(nn1-c1ccccn1)CCc1ccccc1-2. The fraction of sp³-hybridized carbons (Fsp3) is 0.125. The lowest BCUT2D eigenvalue weighted by atomic mass is 9.90. The van der Waals surface area contributed by atoms with E-state index in [1.807, 2.05) is 36.4 Å². The molecule has 0 amide bonds. The van der Waals surface area contributed by atoms with E-state index in [2.05, 4.69) is 16.1 Å². The number of aromatic nitrogens is 3. The van der Waals surface area contributed by atoms with Crippen molar-refractivity contribution in [3.63, 3.8) is 0 Å². The smallest absolute Gasteiger partial charge is 0.224 e. The van der Waals surface area contributed by atoms with Gasteiger partial charge in [-0.2, -0.15) is 9.78 Å². The van der Waals surface area contributed by atoms with E-state index >= 15 is 0 Å². The summed E-state index contributed by atoms with van der Waals surface area (Å²) in [6.45, 7) is 0. The van der Waals surface area contributed by atoms with E-state index in [1.165, 1.54) is 10.2 Å². The minimum absolute atomic E-state index is 0.172. The third-order valence-electron chi connectivity index (χ3n) is 3.72. The zero-order valence-corrected chi connectivity index (χ0v) is 10.8. The number of aryl methyl sites for hydroxylation is 2. The first-order chi connectivity index (χ1) is 9.84. The summed E-state index contributed by atoms with van der Waals surface area (Å²) in [5.74, 6) is 0.808. The van der Waals surface area contributed by atoms with E-state index in [1.54, 1.807) is 6.20 Å². The molecular weight excluding hydrogens is 250 g/mol. The largest absolute Gasteiger partial charge is 0.493 e. The maximum atomic E-state index is 10.5. The molecule has 2 aromatic heterocycles. The fourth-order valence-electron chi connectivity index (χ4n) is 2.78. The van der Waals surface area contributed by atoms with Crippen molar-refractivity contribution in [2.75, 3.05) is 0 Å². The predicted molar refractivity (Wildman–Crippen MR) is 75.9 cm³/mol. The Kier molecular flexibility index (Phi) is 2.36. The highest BCUT2D eigenvalue weighted by Crippen LogP contribution is 2.39. The molecule has 0 spiro atoms. The maximum Gasteiger partial charge on any atom is 0.224 e. The lowest BCUT2D eigenvalue weighted by Gasteiger charge is -2.14. The molecule has 1 aromatic carbocycles. The summed E-state index contributed by atoms with van der Waals surface area (Å²) in [7, 11) is 0. The Labute approximate surface area is 116 Å². The zero-order valence-electron chi connectivity index (χ0n) is 10.8. The number of pyridine rings is 1. The van der Waals surface area contributed by atoms with Crippen LogP contribution in [0, 0.1) is 0 Å². The third-order valence-corrected chi connectivity index (χ3v) is 3.72. The van der Waals surface area contributed by atoms with Crippen molar-refractivity contribution in [2.24, 2.45) is 0 Å². The molecule has 0 bridgehead atoms. The molecule has 4 heteroatoms. The second-order valence-corrected chi connectivity index (χ2v) is 4.90. The van der Waals surface area contributed by atoms with Gasteiger partial charge in [0.05, 0.1) is 11.3 Å². The van der Waals surface area contributed by atoms with Crippen LogP contribution in [0.5, 0.6) is 5.88 Å². The summed E-state index contributed by atoms with van der Waals surface area (Å²) in [5.41, 5.74) is 4.12. The second-order valence-electron chi connectivity index (χ2n) is 4.90. The van der Waals surface area contributed by atoms with Crippen molar-refractivity contribution in [3.05, 3.63) is 59.9 Å². The zero-order chi connectivity index (χ0) is 13.5. The Balaban J connectivity index is 1.95. The van der Waals surface area contributed by atoms with Gasteiger partial charge in [-0.25, -0.2) is 4.98 Å². The van der Waals surface area contributed by atoms with E-state index in [0.717, 1.165) is 29.7 Å². The minimum atomic E-state index is 0.172. The van der Waals surface area contributed by atoms with Gasteiger partial charge in [-0.15, -0.1) is 0 Å². The van der Waals surface area contributed by atoms with Crippen LogP contribution >= 0.6 is 0 Å². The average molecular weight is 263 g/mol. The summed E-state index contributed by atoms with van der Waals surface area (Å²) < 4.78 is 1.52. The highest BCUT2D eigenvalue weighted by Gasteiger charge is 2.25. The standard InChI is InChI=1S/C16H13N3O/c20-16-15-12-6-2-1-5-11(12)8-9-13(15)18-19(16)14-7-3-4-10-17-14/h1-7,10,20H,8-9H2. The first-order valence-electron chi connectivity index (χ1n) is 6.65. The molecule has 0 unspecified atom stereocenters. The van der Waals surface area contributed by atoms with E-state index in [0.29, 0.717) is 5.82 Å². The molecule has 0 fully saturated rings. The summed E-state index contributed by atoms with van der Waals surface area (Å²) in [5, 5.41) is 15.1. The van der Waals surface area contributed by atoms with Crippen molar-refractivity contribution >= 4 is 0 Å². The van der Waals surface area contributed by atoms with E-state index in [4.69, 9.17) is 0 Å². The quantitative estimate of drug-likeness (QED) is 0.734. The van der Waals surface area contributed by atoms with Crippen LogP contribution in [0.3, 0.4) is 0 Å². The normalized spacial score (nSPS) is 12.8. The van der Waals surface area contributed by atoms with Gasteiger partial charge in [0.25, 0.3) is 0 Å². The van der Waals surface area contributed by atoms with Crippen LogP contribution in [0.1, 0.15) is 11.3 Å². The number of fused-ring (bicyclic) bond motifs is 3. The molecule has 1 N–H and O–H groups in total. The Morgan fingerprint density at radius 1 is 1.00 bits per heavy atom. The Bertz CT molecular complexity index is 778. The lowest BCUT2D eigenvalue weighted by molar-refractivity contribution is 0.433. The van der Waals surface area contributed by atoms with Gasteiger partial charge in [-0.3, -0.25) is 0 Å². The van der Waals surface area contributed by atoms with Crippen molar-refractivity contribution < 1.29 is 5.11 Å². The fourth-order valence-corrected chi connectivity index (χ4v) is 2.78. The van der Waals surface area contributed by atoms with Crippen molar-refractivity contribution in [1.82, 2.24) is 14.8 Å². The summed E-state index contributed by atoms with van der Waals surface area (Å²) in [4.78, 5) is 4.25. The first-order valence-corrected chi connectivity index (χ1v) is 6.65. The van der Waals surface area contributed by atoms with Gasteiger partial charge < -0.3 is 5.11 Å². The van der Waals surface area contributed by atoms with E-state index < -0.39 is 0 Å². The van der Waals surface area contributed by atoms with Gasteiger partial charge in [0, 0.05) is 6.20 Å². The highest BCUT2D eigenvalue weighted by molar-refractivity contribution is 5.76. The molecule has 1 aliphatic carbocycles. The van der Waals surface area contributed by atoms with E-state index in [-0.39, 0.29) is 5.88 Å². The average Bonchev–Trinajstić information content (AvgIpc) is 2.86. The number of hydrogen-bond donors (Lipinski definition) is 1. The molecule has 4 nitrogen and oxygen atoms in total. The molecule has 2 heterocycles. The van der Waals surface area contributed by atoms with Crippen molar-refractivity contribution in [3.8, 4) is 22.8 Å². The molecule has 0 saturated heterocycles. The summed E-state index contributed by atoms with van der Waals surface area (Å²) in [6.07, 6.45) is 3.50. The minimum Gasteiger partial charge on any atom is -0.493 e. The number of aromatic hydroxyl groups is 1. The van der Waals surface area contributed by atoms with E-state index in [9.17, 15) is 5.11 Å². The van der Waals surface area contributed by atoms with Crippen LogP contribution < -0.4 is 0 Å². The number of rotatable bonds is 1. The molecule has 0 aliphatic heterocycles. The Morgan fingerprint density at radius 2 is 1.85 bits per heavy atom.